The first-order chi connectivity index (χ1) is 10.1. The average molecular weight is 287 g/mol. The van der Waals surface area contributed by atoms with Crippen molar-refractivity contribution >= 4 is 16.9 Å². The molecule has 0 fully saturated rings. The summed E-state index contributed by atoms with van der Waals surface area (Å²) in [5.74, 6) is 1.32. The summed E-state index contributed by atoms with van der Waals surface area (Å²) >= 11 is 0. The fourth-order valence-electron chi connectivity index (χ4n) is 2.22. The number of aryl methyl sites for hydroxylation is 2. The van der Waals surface area contributed by atoms with Gasteiger partial charge in [0.25, 0.3) is 0 Å². The molecule has 0 spiro atoms. The van der Waals surface area contributed by atoms with Gasteiger partial charge in [-0.25, -0.2) is 14.8 Å². The van der Waals surface area contributed by atoms with Crippen LogP contribution in [0.15, 0.2) is 23.4 Å². The maximum absolute atomic E-state index is 11.9. The van der Waals surface area contributed by atoms with Gasteiger partial charge in [0.05, 0.1) is 18.1 Å². The highest BCUT2D eigenvalue weighted by atomic mass is 16.1. The van der Waals surface area contributed by atoms with E-state index >= 15 is 0 Å². The molecular weight excluding hydrogens is 270 g/mol. The molecule has 0 amide bonds. The van der Waals surface area contributed by atoms with Gasteiger partial charge in [-0.2, -0.15) is 5.10 Å². The van der Waals surface area contributed by atoms with Gasteiger partial charge < -0.3 is 9.88 Å². The van der Waals surface area contributed by atoms with Crippen molar-refractivity contribution in [2.75, 3.05) is 11.9 Å². The summed E-state index contributed by atoms with van der Waals surface area (Å²) in [6.45, 7) is 3.09. The lowest BCUT2D eigenvalue weighted by Crippen LogP contribution is -2.23. The molecule has 3 heterocycles. The molecule has 8 nitrogen and oxygen atoms in total. The Balaban J connectivity index is 2.08. The van der Waals surface area contributed by atoms with Crippen LogP contribution in [-0.4, -0.2) is 35.4 Å². The number of anilines is 1. The van der Waals surface area contributed by atoms with Crippen LogP contribution in [-0.2, 0) is 20.6 Å². The number of nitrogens with zero attached hydrogens (tertiary/aromatic N) is 6. The molecule has 110 valence electrons. The molecule has 21 heavy (non-hydrogen) atoms. The molecule has 0 unspecified atom stereocenters. The van der Waals surface area contributed by atoms with Crippen molar-refractivity contribution in [2.24, 2.45) is 14.1 Å². The van der Waals surface area contributed by atoms with Gasteiger partial charge in [0, 0.05) is 33.0 Å². The second kappa shape index (κ2) is 5.04. The SMILES string of the molecule is CCNc1nc(Cn2ccn(C)c2=O)nc2c1cnn2C. The fourth-order valence-corrected chi connectivity index (χ4v) is 2.22. The van der Waals surface area contributed by atoms with E-state index in [1.54, 1.807) is 34.9 Å². The zero-order valence-corrected chi connectivity index (χ0v) is 12.2. The second-order valence-electron chi connectivity index (χ2n) is 4.84. The molecule has 0 atom stereocenters. The Morgan fingerprint density at radius 2 is 2.05 bits per heavy atom. The Morgan fingerprint density at radius 3 is 2.71 bits per heavy atom. The van der Waals surface area contributed by atoms with E-state index in [1.165, 1.54) is 4.57 Å². The number of imidazole rings is 1. The van der Waals surface area contributed by atoms with Crippen molar-refractivity contribution in [3.8, 4) is 0 Å². The Bertz CT molecular complexity index is 842. The van der Waals surface area contributed by atoms with Crippen LogP contribution < -0.4 is 11.0 Å². The molecule has 3 rings (SSSR count). The van der Waals surface area contributed by atoms with Crippen molar-refractivity contribution in [3.05, 3.63) is 34.9 Å². The molecule has 1 N–H and O–H groups in total. The van der Waals surface area contributed by atoms with Crippen LogP contribution in [0.25, 0.3) is 11.0 Å². The summed E-state index contributed by atoms with van der Waals surface area (Å²) in [7, 11) is 3.55. The first-order valence-electron chi connectivity index (χ1n) is 6.74. The third-order valence-corrected chi connectivity index (χ3v) is 3.31. The van der Waals surface area contributed by atoms with E-state index < -0.39 is 0 Å². The van der Waals surface area contributed by atoms with Crippen molar-refractivity contribution < 1.29 is 0 Å². The zero-order valence-electron chi connectivity index (χ0n) is 12.2. The summed E-state index contributed by atoms with van der Waals surface area (Å²) in [6.07, 6.45) is 5.19. The summed E-state index contributed by atoms with van der Waals surface area (Å²) in [5.41, 5.74) is 0.661. The van der Waals surface area contributed by atoms with Crippen LogP contribution >= 0.6 is 0 Å². The number of hydrogen-bond acceptors (Lipinski definition) is 5. The highest BCUT2D eigenvalue weighted by molar-refractivity contribution is 5.86. The van der Waals surface area contributed by atoms with E-state index in [9.17, 15) is 4.79 Å². The van der Waals surface area contributed by atoms with E-state index in [2.05, 4.69) is 20.4 Å². The van der Waals surface area contributed by atoms with Crippen LogP contribution in [0.2, 0.25) is 0 Å². The van der Waals surface area contributed by atoms with Crippen LogP contribution in [0.5, 0.6) is 0 Å². The topological polar surface area (TPSA) is 82.6 Å². The summed E-state index contributed by atoms with van der Waals surface area (Å²) < 4.78 is 4.80. The van der Waals surface area contributed by atoms with Gasteiger partial charge in [-0.3, -0.25) is 9.25 Å². The van der Waals surface area contributed by atoms with Gasteiger partial charge in [0.2, 0.25) is 0 Å². The molecule has 0 aromatic carbocycles. The zero-order chi connectivity index (χ0) is 15.0. The lowest BCUT2D eigenvalue weighted by molar-refractivity contribution is 0.686. The van der Waals surface area contributed by atoms with Gasteiger partial charge >= 0.3 is 5.69 Å². The average Bonchev–Trinajstić information content (AvgIpc) is 2.98. The monoisotopic (exact) mass is 287 g/mol. The third kappa shape index (κ3) is 2.28. The maximum atomic E-state index is 11.9. The van der Waals surface area contributed by atoms with E-state index in [0.717, 1.165) is 23.4 Å². The molecule has 0 aliphatic heterocycles. The maximum Gasteiger partial charge on any atom is 0.328 e. The second-order valence-corrected chi connectivity index (χ2v) is 4.84. The minimum atomic E-state index is -0.0892. The Morgan fingerprint density at radius 1 is 1.24 bits per heavy atom. The minimum Gasteiger partial charge on any atom is -0.370 e. The first kappa shape index (κ1) is 13.3. The predicted molar refractivity (Wildman–Crippen MR) is 79.2 cm³/mol. The van der Waals surface area contributed by atoms with Crippen molar-refractivity contribution in [2.45, 2.75) is 13.5 Å². The van der Waals surface area contributed by atoms with Crippen molar-refractivity contribution in [1.29, 1.82) is 0 Å². The van der Waals surface area contributed by atoms with Gasteiger partial charge in [0.1, 0.15) is 5.82 Å². The lowest BCUT2D eigenvalue weighted by Gasteiger charge is -2.07. The number of fused-ring (bicyclic) bond motifs is 1. The molecule has 0 aliphatic rings. The van der Waals surface area contributed by atoms with Crippen molar-refractivity contribution in [1.82, 2.24) is 28.9 Å². The predicted octanol–water partition coefficient (Wildman–Crippen LogP) is 0.344. The molecular formula is C13H17N7O. The van der Waals surface area contributed by atoms with E-state index in [4.69, 9.17) is 0 Å². The quantitative estimate of drug-likeness (QED) is 0.748. The van der Waals surface area contributed by atoms with E-state index in [1.807, 2.05) is 14.0 Å². The van der Waals surface area contributed by atoms with E-state index in [0.29, 0.717) is 12.4 Å². The number of nitrogens with one attached hydrogen (secondary N) is 1. The highest BCUT2D eigenvalue weighted by Crippen LogP contribution is 2.19. The molecule has 8 heteroatoms. The first-order valence-corrected chi connectivity index (χ1v) is 6.74. The summed E-state index contributed by atoms with van der Waals surface area (Å²) in [6, 6.07) is 0. The molecule has 3 aromatic heterocycles. The number of rotatable bonds is 4. The minimum absolute atomic E-state index is 0.0892. The molecule has 0 bridgehead atoms. The lowest BCUT2D eigenvalue weighted by atomic mass is 10.3. The van der Waals surface area contributed by atoms with Gasteiger partial charge in [0.15, 0.2) is 11.5 Å². The molecule has 3 aromatic rings. The van der Waals surface area contributed by atoms with Crippen LogP contribution in [0.4, 0.5) is 5.82 Å². The Hall–Kier alpha value is -2.64. The highest BCUT2D eigenvalue weighted by Gasteiger charge is 2.12. The standard InChI is InChI=1S/C13H17N7O/c1-4-14-11-9-7-15-19(3)12(9)17-10(16-11)8-20-6-5-18(2)13(20)21/h5-7H,4,8H2,1-3H3,(H,14,16,17). The summed E-state index contributed by atoms with van der Waals surface area (Å²) in [4.78, 5) is 20.9. The summed E-state index contributed by atoms with van der Waals surface area (Å²) in [5, 5.41) is 8.30. The normalized spacial score (nSPS) is 11.2. The molecule has 0 aliphatic carbocycles. The molecule has 0 saturated heterocycles. The molecule has 0 saturated carbocycles. The van der Waals surface area contributed by atoms with Gasteiger partial charge in [-0.15, -0.1) is 0 Å². The van der Waals surface area contributed by atoms with Gasteiger partial charge in [-0.05, 0) is 6.92 Å². The van der Waals surface area contributed by atoms with Crippen LogP contribution in [0.3, 0.4) is 0 Å². The number of aromatic nitrogens is 6. The number of hydrogen-bond donors (Lipinski definition) is 1. The van der Waals surface area contributed by atoms with E-state index in [-0.39, 0.29) is 5.69 Å². The largest absolute Gasteiger partial charge is 0.370 e. The Kier molecular flexibility index (Phi) is 3.20. The van der Waals surface area contributed by atoms with Crippen molar-refractivity contribution in [3.63, 3.8) is 0 Å². The van der Waals surface area contributed by atoms with Crippen LogP contribution in [0, 0.1) is 0 Å². The van der Waals surface area contributed by atoms with Crippen LogP contribution in [0.1, 0.15) is 12.7 Å². The van der Waals surface area contributed by atoms with Gasteiger partial charge in [-0.1, -0.05) is 0 Å². The smallest absolute Gasteiger partial charge is 0.328 e. The Labute approximate surface area is 121 Å². The third-order valence-electron chi connectivity index (χ3n) is 3.31. The fraction of sp³-hybridized carbons (Fsp3) is 0.385. The molecule has 0 radical (unpaired) electrons.